The average Bonchev–Trinajstić information content (AvgIpc) is 2.56. The smallest absolute Gasteiger partial charge is 0.318 e. The van der Waals surface area contributed by atoms with Gasteiger partial charge in [-0.2, -0.15) is 11.8 Å². The minimum atomic E-state index is -1.90. The van der Waals surface area contributed by atoms with Crippen LogP contribution in [0.2, 0.25) is 0 Å². The van der Waals surface area contributed by atoms with Gasteiger partial charge in [-0.1, -0.05) is 0 Å². The molecule has 2 amide bonds. The standard InChI is InChI=1S/C16H25N2O8S/c1-9(2)18-12(19)4-6-27-7-5-17-13(20)10(16(25)26-3)8-11(14(21)22)15(23)24/h4,9-11H,5-8H2,1-3H3,(H,17,20)(H,18,19)(H,21,22)(H,23,24). The van der Waals surface area contributed by atoms with Gasteiger partial charge in [0.1, 0.15) is 5.92 Å². The van der Waals surface area contributed by atoms with E-state index in [1.807, 2.05) is 13.8 Å². The van der Waals surface area contributed by atoms with E-state index in [9.17, 15) is 24.0 Å². The van der Waals surface area contributed by atoms with Crippen LogP contribution >= 0.6 is 11.8 Å². The van der Waals surface area contributed by atoms with Crippen LogP contribution in [-0.2, 0) is 28.7 Å². The fourth-order valence-electron chi connectivity index (χ4n) is 1.93. The number of hydrogen-bond acceptors (Lipinski definition) is 7. The monoisotopic (exact) mass is 405 g/mol. The van der Waals surface area contributed by atoms with E-state index in [4.69, 9.17) is 10.2 Å². The molecule has 0 aromatic rings. The van der Waals surface area contributed by atoms with E-state index >= 15 is 0 Å². The van der Waals surface area contributed by atoms with Gasteiger partial charge < -0.3 is 25.6 Å². The lowest BCUT2D eigenvalue weighted by Crippen LogP contribution is -2.40. The summed E-state index contributed by atoms with van der Waals surface area (Å²) in [6.07, 6.45) is 0.757. The van der Waals surface area contributed by atoms with Gasteiger partial charge in [-0.05, 0) is 20.3 Å². The van der Waals surface area contributed by atoms with E-state index in [0.717, 1.165) is 7.11 Å². The molecule has 1 unspecified atom stereocenters. The number of carbonyl (C=O) groups is 5. The lowest BCUT2D eigenvalue weighted by Gasteiger charge is -2.16. The van der Waals surface area contributed by atoms with Crippen LogP contribution in [0.4, 0.5) is 0 Å². The number of ether oxygens (including phenoxy) is 1. The molecular weight excluding hydrogens is 380 g/mol. The van der Waals surface area contributed by atoms with Crippen molar-refractivity contribution >= 4 is 41.5 Å². The second-order valence-corrected chi connectivity index (χ2v) is 6.92. The summed E-state index contributed by atoms with van der Waals surface area (Å²) in [6, 6.07) is 0.0359. The third-order valence-electron chi connectivity index (χ3n) is 3.23. The molecule has 0 aliphatic rings. The molecule has 0 fully saturated rings. The number of rotatable bonds is 13. The zero-order chi connectivity index (χ0) is 21.0. The maximum Gasteiger partial charge on any atom is 0.318 e. The molecule has 153 valence electrons. The third kappa shape index (κ3) is 10.4. The number of carboxylic acids is 2. The lowest BCUT2D eigenvalue weighted by molar-refractivity contribution is -0.157. The Morgan fingerprint density at radius 1 is 1.07 bits per heavy atom. The maximum absolute atomic E-state index is 12.1. The Morgan fingerprint density at radius 3 is 2.15 bits per heavy atom. The van der Waals surface area contributed by atoms with Gasteiger partial charge in [0.15, 0.2) is 5.92 Å². The molecular formula is C16H25N2O8S. The van der Waals surface area contributed by atoms with E-state index in [1.54, 1.807) is 0 Å². The zero-order valence-electron chi connectivity index (χ0n) is 15.4. The second kappa shape index (κ2) is 13.0. The Bertz CT molecular complexity index is 539. The van der Waals surface area contributed by atoms with Crippen LogP contribution in [0.15, 0.2) is 0 Å². The Labute approximate surface area is 161 Å². The minimum Gasteiger partial charge on any atom is -0.481 e. The molecule has 0 saturated heterocycles. The number of carbonyl (C=O) groups excluding carboxylic acids is 3. The number of nitrogens with one attached hydrogen (secondary N) is 2. The summed E-state index contributed by atoms with van der Waals surface area (Å²) < 4.78 is 4.46. The number of hydrogen-bond donors (Lipinski definition) is 4. The van der Waals surface area contributed by atoms with Gasteiger partial charge in [0.05, 0.1) is 13.5 Å². The van der Waals surface area contributed by atoms with Gasteiger partial charge in [0.2, 0.25) is 11.8 Å². The average molecular weight is 405 g/mol. The van der Waals surface area contributed by atoms with Gasteiger partial charge in [0, 0.05) is 24.1 Å². The molecule has 0 rings (SSSR count). The molecule has 1 radical (unpaired) electrons. The first-order valence-electron chi connectivity index (χ1n) is 8.12. The van der Waals surface area contributed by atoms with Crippen LogP contribution in [0.25, 0.3) is 0 Å². The molecule has 4 N–H and O–H groups in total. The summed E-state index contributed by atoms with van der Waals surface area (Å²) in [7, 11) is 1.02. The van der Waals surface area contributed by atoms with E-state index < -0.39 is 42.1 Å². The molecule has 0 heterocycles. The number of amides is 2. The number of carboxylic acid groups (broad SMARTS) is 2. The normalized spacial score (nSPS) is 11.7. The highest BCUT2D eigenvalue weighted by Gasteiger charge is 2.36. The Morgan fingerprint density at radius 2 is 1.67 bits per heavy atom. The highest BCUT2D eigenvalue weighted by molar-refractivity contribution is 7.99. The van der Waals surface area contributed by atoms with Crippen molar-refractivity contribution in [2.24, 2.45) is 11.8 Å². The molecule has 0 aliphatic heterocycles. The van der Waals surface area contributed by atoms with Crippen molar-refractivity contribution in [1.82, 2.24) is 10.6 Å². The third-order valence-corrected chi connectivity index (χ3v) is 4.13. The first kappa shape index (κ1) is 24.7. The molecule has 10 nitrogen and oxygen atoms in total. The van der Waals surface area contributed by atoms with Gasteiger partial charge in [-0.25, -0.2) is 0 Å². The predicted octanol–water partition coefficient (Wildman–Crippen LogP) is -0.471. The number of esters is 1. The first-order valence-corrected chi connectivity index (χ1v) is 9.28. The Balaban J connectivity index is 4.42. The molecule has 1 atom stereocenters. The summed E-state index contributed by atoms with van der Waals surface area (Å²) in [4.78, 5) is 57.1. The Kier molecular flexibility index (Phi) is 11.9. The number of methoxy groups -OCH3 is 1. The van der Waals surface area contributed by atoms with Crippen LogP contribution in [0, 0.1) is 18.3 Å². The second-order valence-electron chi connectivity index (χ2n) is 5.77. The van der Waals surface area contributed by atoms with E-state index in [2.05, 4.69) is 15.4 Å². The highest BCUT2D eigenvalue weighted by Crippen LogP contribution is 2.16. The predicted molar refractivity (Wildman–Crippen MR) is 96.8 cm³/mol. The van der Waals surface area contributed by atoms with Gasteiger partial charge in [0.25, 0.3) is 0 Å². The topological polar surface area (TPSA) is 159 Å². The largest absolute Gasteiger partial charge is 0.481 e. The minimum absolute atomic E-state index is 0.0359. The van der Waals surface area contributed by atoms with Crippen molar-refractivity contribution in [3.05, 3.63) is 6.42 Å². The van der Waals surface area contributed by atoms with Crippen LogP contribution in [-0.4, -0.2) is 71.1 Å². The fourth-order valence-corrected chi connectivity index (χ4v) is 2.61. The van der Waals surface area contributed by atoms with Crippen LogP contribution < -0.4 is 10.6 Å². The molecule has 0 aromatic heterocycles. The zero-order valence-corrected chi connectivity index (χ0v) is 16.2. The summed E-state index contributed by atoms with van der Waals surface area (Å²) in [5, 5.41) is 22.9. The molecule has 11 heteroatoms. The van der Waals surface area contributed by atoms with E-state index in [-0.39, 0.29) is 18.5 Å². The molecule has 0 spiro atoms. The highest BCUT2D eigenvalue weighted by atomic mass is 32.2. The fraction of sp³-hybridized carbons (Fsp3) is 0.625. The van der Waals surface area contributed by atoms with Crippen LogP contribution in [0.5, 0.6) is 0 Å². The first-order chi connectivity index (χ1) is 12.6. The van der Waals surface area contributed by atoms with Gasteiger partial charge >= 0.3 is 17.9 Å². The molecule has 27 heavy (non-hydrogen) atoms. The molecule has 0 aliphatic carbocycles. The molecule has 0 saturated carbocycles. The van der Waals surface area contributed by atoms with E-state index in [0.29, 0.717) is 11.5 Å². The molecule has 0 bridgehead atoms. The van der Waals surface area contributed by atoms with Crippen LogP contribution in [0.3, 0.4) is 0 Å². The SMILES string of the molecule is COC(=O)C(CC(C(=O)O)C(=O)O)C(=O)NCCSC[CH]C(=O)NC(C)C. The number of aliphatic carboxylic acids is 2. The summed E-state index contributed by atoms with van der Waals surface area (Å²) in [5.74, 6) is -7.88. The number of thioether (sulfide) groups is 1. The quantitative estimate of drug-likeness (QED) is 0.180. The van der Waals surface area contributed by atoms with Crippen molar-refractivity contribution in [2.45, 2.75) is 26.3 Å². The lowest BCUT2D eigenvalue weighted by atomic mass is 9.93. The Hall–Kier alpha value is -2.30. The van der Waals surface area contributed by atoms with Gasteiger partial charge in [-0.15, -0.1) is 0 Å². The summed E-state index contributed by atoms with van der Waals surface area (Å²) >= 11 is 1.36. The van der Waals surface area contributed by atoms with Crippen molar-refractivity contribution in [3.8, 4) is 0 Å². The summed E-state index contributed by atoms with van der Waals surface area (Å²) in [6.45, 7) is 3.83. The van der Waals surface area contributed by atoms with Crippen LogP contribution in [0.1, 0.15) is 20.3 Å². The van der Waals surface area contributed by atoms with Crippen molar-refractivity contribution < 1.29 is 38.9 Å². The van der Waals surface area contributed by atoms with Crippen molar-refractivity contribution in [3.63, 3.8) is 0 Å². The van der Waals surface area contributed by atoms with E-state index in [1.165, 1.54) is 18.2 Å². The van der Waals surface area contributed by atoms with Crippen molar-refractivity contribution in [2.75, 3.05) is 25.2 Å². The van der Waals surface area contributed by atoms with Crippen molar-refractivity contribution in [1.29, 1.82) is 0 Å². The molecule has 0 aromatic carbocycles. The van der Waals surface area contributed by atoms with Gasteiger partial charge in [-0.3, -0.25) is 24.0 Å². The maximum atomic E-state index is 12.1. The summed E-state index contributed by atoms with van der Waals surface area (Å²) in [5.41, 5.74) is 0.